The van der Waals surface area contributed by atoms with E-state index >= 15 is 0 Å². The van der Waals surface area contributed by atoms with Gasteiger partial charge in [0, 0.05) is 6.04 Å². The Hall–Kier alpha value is -1.52. The first-order valence-corrected chi connectivity index (χ1v) is 6.03. The van der Waals surface area contributed by atoms with E-state index in [2.05, 4.69) is 0 Å². The van der Waals surface area contributed by atoms with Crippen molar-refractivity contribution in [2.45, 2.75) is 51.1 Å². The molecule has 2 rings (SSSR count). The van der Waals surface area contributed by atoms with Crippen molar-refractivity contribution in [2.24, 2.45) is 0 Å². The van der Waals surface area contributed by atoms with Crippen LogP contribution >= 0.6 is 0 Å². The van der Waals surface area contributed by atoms with E-state index in [1.807, 2.05) is 0 Å². The maximum absolute atomic E-state index is 11.9. The zero-order chi connectivity index (χ0) is 12.6. The van der Waals surface area contributed by atoms with Crippen molar-refractivity contribution in [1.82, 2.24) is 4.90 Å². The van der Waals surface area contributed by atoms with Crippen LogP contribution < -0.4 is 0 Å². The van der Waals surface area contributed by atoms with E-state index in [9.17, 15) is 14.7 Å². The molecule has 0 saturated heterocycles. The number of carboxylic acid groups (broad SMARTS) is 1. The molecule has 2 N–H and O–H groups in total. The Labute approximate surface area is 99.7 Å². The fraction of sp³-hybridized carbons (Fsp3) is 0.667. The van der Waals surface area contributed by atoms with Gasteiger partial charge in [-0.1, -0.05) is 19.3 Å². The smallest absolute Gasteiger partial charge is 0.337 e. The molecule has 94 valence electrons. The van der Waals surface area contributed by atoms with Crippen LogP contribution in [0.1, 0.15) is 39.0 Å². The van der Waals surface area contributed by atoms with E-state index in [0.717, 1.165) is 32.1 Å². The van der Waals surface area contributed by atoms with Gasteiger partial charge in [-0.25, -0.2) is 4.79 Å². The van der Waals surface area contributed by atoms with E-state index in [4.69, 9.17) is 5.11 Å². The number of aliphatic hydroxyl groups excluding tert-OH is 1. The van der Waals surface area contributed by atoms with Crippen molar-refractivity contribution in [2.75, 3.05) is 0 Å². The summed E-state index contributed by atoms with van der Waals surface area (Å²) in [5, 5.41) is 18.6. The van der Waals surface area contributed by atoms with Gasteiger partial charge in [0.15, 0.2) is 5.76 Å². The molecule has 1 fully saturated rings. The summed E-state index contributed by atoms with van der Waals surface area (Å²) >= 11 is 0. The van der Waals surface area contributed by atoms with Gasteiger partial charge in [0.1, 0.15) is 5.57 Å². The average molecular weight is 239 g/mol. The lowest BCUT2D eigenvalue weighted by molar-refractivity contribution is -0.133. The molecule has 0 radical (unpaired) electrons. The highest BCUT2D eigenvalue weighted by molar-refractivity contribution is 6.05. The molecule has 0 bridgehead atoms. The Morgan fingerprint density at radius 3 is 2.35 bits per heavy atom. The molecule has 1 aliphatic heterocycles. The van der Waals surface area contributed by atoms with Gasteiger partial charge in [-0.05, 0) is 19.8 Å². The topological polar surface area (TPSA) is 77.8 Å². The highest BCUT2D eigenvalue weighted by Crippen LogP contribution is 2.32. The number of aliphatic hydroxyl groups is 1. The molecule has 0 aromatic carbocycles. The first-order valence-electron chi connectivity index (χ1n) is 6.03. The van der Waals surface area contributed by atoms with Crippen molar-refractivity contribution < 1.29 is 19.8 Å². The van der Waals surface area contributed by atoms with Crippen LogP contribution in [0.3, 0.4) is 0 Å². The summed E-state index contributed by atoms with van der Waals surface area (Å²) < 4.78 is 0. The molecule has 0 spiro atoms. The molecule has 5 heteroatoms. The lowest BCUT2D eigenvalue weighted by atomic mass is 9.93. The maximum Gasteiger partial charge on any atom is 0.337 e. The van der Waals surface area contributed by atoms with Crippen molar-refractivity contribution in [3.8, 4) is 0 Å². The van der Waals surface area contributed by atoms with E-state index < -0.39 is 23.7 Å². The minimum atomic E-state index is -1.21. The van der Waals surface area contributed by atoms with E-state index in [1.54, 1.807) is 6.92 Å². The molecule has 1 unspecified atom stereocenters. The van der Waals surface area contributed by atoms with Gasteiger partial charge >= 0.3 is 5.97 Å². The Balaban J connectivity index is 2.22. The fourth-order valence-corrected chi connectivity index (χ4v) is 2.87. The highest BCUT2D eigenvalue weighted by Gasteiger charge is 2.43. The number of carbonyl (C=O) groups is 2. The predicted molar refractivity (Wildman–Crippen MR) is 60.5 cm³/mol. The number of aliphatic carboxylic acids is 1. The summed E-state index contributed by atoms with van der Waals surface area (Å²) in [6.45, 7) is 1.67. The third-order valence-corrected chi connectivity index (χ3v) is 3.73. The first-order chi connectivity index (χ1) is 8.04. The quantitative estimate of drug-likeness (QED) is 0.764. The van der Waals surface area contributed by atoms with Crippen LogP contribution in [0.25, 0.3) is 0 Å². The van der Waals surface area contributed by atoms with Crippen molar-refractivity contribution >= 4 is 11.9 Å². The van der Waals surface area contributed by atoms with E-state index in [0.29, 0.717) is 0 Å². The third-order valence-electron chi connectivity index (χ3n) is 3.73. The second-order valence-electron chi connectivity index (χ2n) is 4.75. The lowest BCUT2D eigenvalue weighted by Crippen LogP contribution is -2.44. The molecule has 1 aliphatic carbocycles. The molecule has 0 aromatic rings. The fourth-order valence-electron chi connectivity index (χ4n) is 2.87. The van der Waals surface area contributed by atoms with Gasteiger partial charge < -0.3 is 15.1 Å². The monoisotopic (exact) mass is 239 g/mol. The number of nitrogens with zero attached hydrogens (tertiary/aromatic N) is 1. The molecule has 1 atom stereocenters. The van der Waals surface area contributed by atoms with Gasteiger partial charge in [0.25, 0.3) is 5.91 Å². The molecule has 5 nitrogen and oxygen atoms in total. The zero-order valence-corrected chi connectivity index (χ0v) is 9.85. The lowest BCUT2D eigenvalue weighted by Gasteiger charge is -2.34. The molecule has 1 heterocycles. The Kier molecular flexibility index (Phi) is 3.09. The van der Waals surface area contributed by atoms with Crippen LogP contribution in [0.4, 0.5) is 0 Å². The SMILES string of the molecule is CC1C(C(=O)O)=C(O)C(=O)N1C1CCCCC1. The highest BCUT2D eigenvalue weighted by atomic mass is 16.4. The number of carbonyl (C=O) groups excluding carboxylic acids is 1. The van der Waals surface area contributed by atoms with E-state index in [1.165, 1.54) is 4.90 Å². The molecule has 0 aromatic heterocycles. The van der Waals surface area contributed by atoms with Crippen LogP contribution in [-0.4, -0.2) is 39.1 Å². The molecule has 2 aliphatic rings. The molecular weight excluding hydrogens is 222 g/mol. The summed E-state index contributed by atoms with van der Waals surface area (Å²) in [5.41, 5.74) is -0.166. The molecule has 1 saturated carbocycles. The summed E-state index contributed by atoms with van der Waals surface area (Å²) in [4.78, 5) is 24.4. The third kappa shape index (κ3) is 1.90. The summed E-state index contributed by atoms with van der Waals surface area (Å²) in [7, 11) is 0. The Bertz CT molecular complexity index is 382. The number of rotatable bonds is 2. The van der Waals surface area contributed by atoms with Crippen molar-refractivity contribution in [3.63, 3.8) is 0 Å². The summed E-state index contributed by atoms with van der Waals surface area (Å²) in [6, 6.07) is -0.451. The minimum Gasteiger partial charge on any atom is -0.503 e. The Morgan fingerprint density at radius 1 is 1.29 bits per heavy atom. The van der Waals surface area contributed by atoms with Crippen LogP contribution in [0.5, 0.6) is 0 Å². The number of amides is 1. The van der Waals surface area contributed by atoms with Crippen molar-refractivity contribution in [3.05, 3.63) is 11.3 Å². The minimum absolute atomic E-state index is 0.0743. The Morgan fingerprint density at radius 2 is 1.88 bits per heavy atom. The van der Waals surface area contributed by atoms with Crippen LogP contribution in [-0.2, 0) is 9.59 Å². The van der Waals surface area contributed by atoms with Gasteiger partial charge in [-0.3, -0.25) is 4.79 Å². The van der Waals surface area contributed by atoms with Crippen LogP contribution in [0.15, 0.2) is 11.3 Å². The van der Waals surface area contributed by atoms with Gasteiger partial charge in [0.05, 0.1) is 6.04 Å². The number of hydrogen-bond donors (Lipinski definition) is 2. The summed E-state index contributed by atoms with van der Waals surface area (Å²) in [5.74, 6) is -2.32. The molecule has 1 amide bonds. The van der Waals surface area contributed by atoms with Crippen LogP contribution in [0, 0.1) is 0 Å². The number of carboxylic acids is 1. The summed E-state index contributed by atoms with van der Waals surface area (Å²) in [6.07, 6.45) is 5.08. The predicted octanol–water partition coefficient (Wildman–Crippen LogP) is 1.45. The largest absolute Gasteiger partial charge is 0.503 e. The van der Waals surface area contributed by atoms with Gasteiger partial charge in [0.2, 0.25) is 0 Å². The standard InChI is InChI=1S/C12H17NO4/c1-7-9(12(16)17)10(14)11(15)13(7)8-5-3-2-4-6-8/h7-8,14H,2-6H2,1H3,(H,16,17). The molecular formula is C12H17NO4. The first kappa shape index (κ1) is 12.0. The van der Waals surface area contributed by atoms with E-state index in [-0.39, 0.29) is 11.6 Å². The van der Waals surface area contributed by atoms with Crippen molar-refractivity contribution in [1.29, 1.82) is 0 Å². The zero-order valence-electron chi connectivity index (χ0n) is 9.85. The van der Waals surface area contributed by atoms with Gasteiger partial charge in [-0.2, -0.15) is 0 Å². The average Bonchev–Trinajstić information content (AvgIpc) is 2.51. The maximum atomic E-state index is 11.9. The second kappa shape index (κ2) is 4.39. The normalized spacial score (nSPS) is 26.8. The second-order valence-corrected chi connectivity index (χ2v) is 4.75. The number of hydrogen-bond acceptors (Lipinski definition) is 3. The van der Waals surface area contributed by atoms with Gasteiger partial charge in [-0.15, -0.1) is 0 Å². The molecule has 17 heavy (non-hydrogen) atoms. The van der Waals surface area contributed by atoms with Crippen LogP contribution in [0.2, 0.25) is 0 Å².